The van der Waals surface area contributed by atoms with Gasteiger partial charge in [-0.3, -0.25) is 0 Å². The molecule has 0 unspecified atom stereocenters. The summed E-state index contributed by atoms with van der Waals surface area (Å²) in [6.45, 7) is -0.0569. The maximum atomic E-state index is 11.3. The molecule has 4 N–H and O–H groups in total. The number of amides is 2. The minimum absolute atomic E-state index is 0.0278. The average Bonchev–Trinajstić information content (AvgIpc) is 2.78. The number of nitrogens with zero attached hydrogens (tertiary/aromatic N) is 1. The predicted molar refractivity (Wildman–Crippen MR) is 60.6 cm³/mol. The number of nitrogens with one attached hydrogen (secondary N) is 2. The summed E-state index contributed by atoms with van der Waals surface area (Å²) in [5.74, 6) is -1.18. The average molecular weight is 259 g/mol. The highest BCUT2D eigenvalue weighted by atomic mass is 32.1. The molecule has 17 heavy (non-hydrogen) atoms. The molecule has 0 aliphatic carbocycles. The van der Waals surface area contributed by atoms with Crippen molar-refractivity contribution in [1.29, 1.82) is 0 Å². The second-order valence-electron chi connectivity index (χ2n) is 3.16. The van der Waals surface area contributed by atoms with Crippen LogP contribution in [0.4, 0.5) is 4.79 Å². The van der Waals surface area contributed by atoms with E-state index in [1.807, 2.05) is 0 Å². The first kappa shape index (κ1) is 13.4. The summed E-state index contributed by atoms with van der Waals surface area (Å²) in [6.07, 6.45) is 1.59. The van der Waals surface area contributed by atoms with Crippen molar-refractivity contribution in [3.63, 3.8) is 0 Å². The molecule has 94 valence electrons. The van der Waals surface area contributed by atoms with Crippen LogP contribution in [-0.2, 0) is 11.3 Å². The number of carboxylic acid groups (broad SMARTS) is 1. The second kappa shape index (κ2) is 6.81. The van der Waals surface area contributed by atoms with Gasteiger partial charge in [0.2, 0.25) is 0 Å². The highest BCUT2D eigenvalue weighted by Gasteiger charge is 2.18. The van der Waals surface area contributed by atoms with E-state index in [2.05, 4.69) is 15.6 Å². The summed E-state index contributed by atoms with van der Waals surface area (Å²) >= 11 is 1.39. The second-order valence-corrected chi connectivity index (χ2v) is 4.14. The van der Waals surface area contributed by atoms with Gasteiger partial charge in [-0.25, -0.2) is 14.6 Å². The minimum Gasteiger partial charge on any atom is -0.480 e. The van der Waals surface area contributed by atoms with E-state index in [0.29, 0.717) is 0 Å². The summed E-state index contributed by atoms with van der Waals surface area (Å²) in [5.41, 5.74) is 0. The van der Waals surface area contributed by atoms with Crippen LogP contribution < -0.4 is 10.6 Å². The van der Waals surface area contributed by atoms with Gasteiger partial charge < -0.3 is 20.8 Å². The SMILES string of the molecule is O=C(NCc1nccs1)N[C@H](CCO)C(=O)O. The van der Waals surface area contributed by atoms with Crippen molar-refractivity contribution in [3.05, 3.63) is 16.6 Å². The number of hydrogen-bond donors (Lipinski definition) is 4. The fourth-order valence-electron chi connectivity index (χ4n) is 1.09. The monoisotopic (exact) mass is 259 g/mol. The lowest BCUT2D eigenvalue weighted by molar-refractivity contribution is -0.139. The number of aliphatic hydroxyl groups excluding tert-OH is 1. The van der Waals surface area contributed by atoms with Gasteiger partial charge in [-0.05, 0) is 0 Å². The van der Waals surface area contributed by atoms with Crippen molar-refractivity contribution < 1.29 is 19.8 Å². The number of hydrogen-bond acceptors (Lipinski definition) is 5. The maximum absolute atomic E-state index is 11.3. The van der Waals surface area contributed by atoms with Gasteiger partial charge in [0.1, 0.15) is 11.0 Å². The van der Waals surface area contributed by atoms with E-state index in [9.17, 15) is 9.59 Å². The van der Waals surface area contributed by atoms with Gasteiger partial charge in [0.15, 0.2) is 0 Å². The molecular formula is C9H13N3O4S. The zero-order chi connectivity index (χ0) is 12.7. The van der Waals surface area contributed by atoms with Gasteiger partial charge in [0.25, 0.3) is 0 Å². The van der Waals surface area contributed by atoms with E-state index in [1.54, 1.807) is 11.6 Å². The van der Waals surface area contributed by atoms with Crippen LogP contribution in [0.3, 0.4) is 0 Å². The first-order valence-electron chi connectivity index (χ1n) is 4.90. The molecule has 7 nitrogen and oxygen atoms in total. The smallest absolute Gasteiger partial charge is 0.326 e. The van der Waals surface area contributed by atoms with Crippen molar-refractivity contribution in [3.8, 4) is 0 Å². The molecule has 0 aliphatic heterocycles. The topological polar surface area (TPSA) is 112 Å². The molecule has 1 aromatic heterocycles. The lowest BCUT2D eigenvalue weighted by Gasteiger charge is -2.13. The number of aromatic nitrogens is 1. The van der Waals surface area contributed by atoms with Crippen LogP contribution in [0.15, 0.2) is 11.6 Å². The summed E-state index contributed by atoms with van der Waals surface area (Å²) in [7, 11) is 0. The Morgan fingerprint density at radius 2 is 2.29 bits per heavy atom. The summed E-state index contributed by atoms with van der Waals surface area (Å²) in [6, 6.07) is -1.68. The maximum Gasteiger partial charge on any atom is 0.326 e. The Labute approximate surface area is 101 Å². The van der Waals surface area contributed by atoms with E-state index in [1.165, 1.54) is 11.3 Å². The molecule has 1 rings (SSSR count). The normalized spacial score (nSPS) is 11.8. The van der Waals surface area contributed by atoms with E-state index in [-0.39, 0.29) is 19.6 Å². The molecule has 2 amide bonds. The largest absolute Gasteiger partial charge is 0.480 e. The molecule has 0 aliphatic rings. The Kier molecular flexibility index (Phi) is 5.37. The Balaban J connectivity index is 2.34. The van der Waals surface area contributed by atoms with Crippen molar-refractivity contribution in [2.24, 2.45) is 0 Å². The number of aliphatic carboxylic acids is 1. The number of urea groups is 1. The molecule has 1 heterocycles. The molecule has 0 spiro atoms. The van der Waals surface area contributed by atoms with Crippen LogP contribution in [0.5, 0.6) is 0 Å². The fourth-order valence-corrected chi connectivity index (χ4v) is 1.65. The van der Waals surface area contributed by atoms with E-state index < -0.39 is 18.0 Å². The Morgan fingerprint density at radius 1 is 1.53 bits per heavy atom. The molecule has 0 aromatic carbocycles. The first-order valence-corrected chi connectivity index (χ1v) is 5.78. The van der Waals surface area contributed by atoms with Gasteiger partial charge in [0, 0.05) is 24.6 Å². The van der Waals surface area contributed by atoms with E-state index in [0.717, 1.165) is 5.01 Å². The third-order valence-corrected chi connectivity index (χ3v) is 2.68. The third kappa shape index (κ3) is 4.79. The Morgan fingerprint density at radius 3 is 2.82 bits per heavy atom. The van der Waals surface area contributed by atoms with Gasteiger partial charge in [-0.2, -0.15) is 0 Å². The number of rotatable bonds is 6. The molecule has 0 saturated heterocycles. The van der Waals surface area contributed by atoms with Crippen LogP contribution in [0.2, 0.25) is 0 Å². The molecule has 1 atom stereocenters. The van der Waals surface area contributed by atoms with Gasteiger partial charge in [-0.1, -0.05) is 0 Å². The summed E-state index contributed by atoms with van der Waals surface area (Å²) in [5, 5.41) is 24.6. The van der Waals surface area contributed by atoms with Gasteiger partial charge in [-0.15, -0.1) is 11.3 Å². The number of carboxylic acids is 1. The fraction of sp³-hybridized carbons (Fsp3) is 0.444. The number of thiazole rings is 1. The van der Waals surface area contributed by atoms with Crippen LogP contribution in [0, 0.1) is 0 Å². The minimum atomic E-state index is -1.18. The summed E-state index contributed by atoms with van der Waals surface area (Å²) in [4.78, 5) is 26.0. The highest BCUT2D eigenvalue weighted by Crippen LogP contribution is 2.02. The standard InChI is InChI=1S/C9H13N3O4S/c13-3-1-6(8(14)15)12-9(16)11-5-7-10-2-4-17-7/h2,4,6,13H,1,3,5H2,(H,14,15)(H2,11,12,16)/t6-/m1/s1. The lowest BCUT2D eigenvalue weighted by Crippen LogP contribution is -2.46. The molecule has 0 radical (unpaired) electrons. The highest BCUT2D eigenvalue weighted by molar-refractivity contribution is 7.09. The van der Waals surface area contributed by atoms with Gasteiger partial charge >= 0.3 is 12.0 Å². The molecule has 0 fully saturated rings. The Bertz CT molecular complexity index is 368. The molecular weight excluding hydrogens is 246 g/mol. The predicted octanol–water partition coefficient (Wildman–Crippen LogP) is -0.222. The van der Waals surface area contributed by atoms with Crippen LogP contribution in [-0.4, -0.2) is 39.8 Å². The number of aliphatic hydroxyl groups is 1. The zero-order valence-corrected chi connectivity index (χ0v) is 9.74. The van der Waals surface area contributed by atoms with Gasteiger partial charge in [0.05, 0.1) is 6.54 Å². The van der Waals surface area contributed by atoms with Crippen molar-refractivity contribution in [2.75, 3.05) is 6.61 Å². The van der Waals surface area contributed by atoms with Crippen LogP contribution in [0.1, 0.15) is 11.4 Å². The lowest BCUT2D eigenvalue weighted by atomic mass is 10.2. The van der Waals surface area contributed by atoms with Crippen LogP contribution in [0.25, 0.3) is 0 Å². The molecule has 8 heteroatoms. The quantitative estimate of drug-likeness (QED) is 0.564. The molecule has 1 aromatic rings. The number of carbonyl (C=O) groups is 2. The third-order valence-electron chi connectivity index (χ3n) is 1.90. The Hall–Kier alpha value is -1.67. The van der Waals surface area contributed by atoms with Crippen molar-refractivity contribution in [2.45, 2.75) is 19.0 Å². The summed E-state index contributed by atoms with van der Waals surface area (Å²) < 4.78 is 0. The van der Waals surface area contributed by atoms with Crippen molar-refractivity contribution in [1.82, 2.24) is 15.6 Å². The van der Waals surface area contributed by atoms with E-state index in [4.69, 9.17) is 10.2 Å². The first-order chi connectivity index (χ1) is 8.13. The molecule has 0 bridgehead atoms. The number of carbonyl (C=O) groups excluding carboxylic acids is 1. The van der Waals surface area contributed by atoms with Crippen LogP contribution >= 0.6 is 11.3 Å². The molecule has 0 saturated carbocycles. The van der Waals surface area contributed by atoms with Crippen molar-refractivity contribution >= 4 is 23.3 Å². The zero-order valence-electron chi connectivity index (χ0n) is 8.92. The van der Waals surface area contributed by atoms with E-state index >= 15 is 0 Å².